The Morgan fingerprint density at radius 3 is 2.50 bits per heavy atom. The van der Waals surface area contributed by atoms with Gasteiger partial charge in [0.15, 0.2) is 11.6 Å². The summed E-state index contributed by atoms with van der Waals surface area (Å²) >= 11 is 0. The fraction of sp³-hybridized carbons (Fsp3) is 0.471. The van der Waals surface area contributed by atoms with Crippen molar-refractivity contribution in [2.24, 2.45) is 0 Å². The number of aromatic nitrogens is 3. The van der Waals surface area contributed by atoms with E-state index in [0.717, 1.165) is 37.4 Å². The number of aryl methyl sites for hydroxylation is 1. The zero-order valence-corrected chi connectivity index (χ0v) is 13.7. The van der Waals surface area contributed by atoms with Gasteiger partial charge in [-0.25, -0.2) is 0 Å². The van der Waals surface area contributed by atoms with Crippen molar-refractivity contribution in [1.82, 2.24) is 15.2 Å². The van der Waals surface area contributed by atoms with E-state index in [2.05, 4.69) is 32.3 Å². The van der Waals surface area contributed by atoms with E-state index in [4.69, 9.17) is 9.47 Å². The Balaban J connectivity index is 1.44. The molecule has 0 atom stereocenters. The minimum absolute atomic E-state index is 0.375. The summed E-state index contributed by atoms with van der Waals surface area (Å²) in [6.45, 7) is 5.12. The smallest absolute Gasteiger partial charge is 0.249 e. The van der Waals surface area contributed by atoms with E-state index in [1.807, 2.05) is 24.3 Å². The number of hydrogen-bond donors (Lipinski definition) is 1. The van der Waals surface area contributed by atoms with Gasteiger partial charge in [0.05, 0.1) is 19.4 Å². The van der Waals surface area contributed by atoms with Gasteiger partial charge in [0.2, 0.25) is 5.95 Å². The van der Waals surface area contributed by atoms with Gasteiger partial charge in [-0.2, -0.15) is 10.1 Å². The SMILES string of the molecule is Cc1ccc(Nc2nncc(N3CCC4(CC3)OCCO4)n2)cc1. The normalized spacial score (nSPS) is 19.6. The Morgan fingerprint density at radius 2 is 1.79 bits per heavy atom. The number of nitrogens with zero attached hydrogens (tertiary/aromatic N) is 4. The third kappa shape index (κ3) is 3.18. The molecule has 0 saturated carbocycles. The van der Waals surface area contributed by atoms with Crippen LogP contribution in [0.3, 0.4) is 0 Å². The van der Waals surface area contributed by atoms with Crippen LogP contribution in [0.5, 0.6) is 0 Å². The lowest BCUT2D eigenvalue weighted by Gasteiger charge is -2.37. The highest BCUT2D eigenvalue weighted by atomic mass is 16.7. The molecule has 2 aliphatic rings. The lowest BCUT2D eigenvalue weighted by atomic mass is 10.0. The van der Waals surface area contributed by atoms with Gasteiger partial charge in [-0.05, 0) is 19.1 Å². The van der Waals surface area contributed by atoms with Gasteiger partial charge in [-0.3, -0.25) is 0 Å². The summed E-state index contributed by atoms with van der Waals surface area (Å²) in [5.41, 5.74) is 2.16. The van der Waals surface area contributed by atoms with E-state index in [1.165, 1.54) is 5.56 Å². The highest BCUT2D eigenvalue weighted by Gasteiger charge is 2.40. The van der Waals surface area contributed by atoms with Crippen LogP contribution in [0.25, 0.3) is 0 Å². The highest BCUT2D eigenvalue weighted by Crippen LogP contribution is 2.32. The summed E-state index contributed by atoms with van der Waals surface area (Å²) in [6.07, 6.45) is 3.39. The number of anilines is 3. The van der Waals surface area contributed by atoms with Crippen molar-refractivity contribution in [1.29, 1.82) is 0 Å². The van der Waals surface area contributed by atoms with Gasteiger partial charge < -0.3 is 19.7 Å². The van der Waals surface area contributed by atoms with Gasteiger partial charge in [-0.15, -0.1) is 5.10 Å². The summed E-state index contributed by atoms with van der Waals surface area (Å²) < 4.78 is 11.5. The summed E-state index contributed by atoms with van der Waals surface area (Å²) in [6, 6.07) is 8.10. The minimum Gasteiger partial charge on any atom is -0.355 e. The fourth-order valence-corrected chi connectivity index (χ4v) is 3.13. The molecule has 2 saturated heterocycles. The van der Waals surface area contributed by atoms with Gasteiger partial charge >= 0.3 is 0 Å². The number of piperidine rings is 1. The van der Waals surface area contributed by atoms with Crippen LogP contribution < -0.4 is 10.2 Å². The van der Waals surface area contributed by atoms with E-state index < -0.39 is 0 Å². The number of rotatable bonds is 3. The molecule has 2 aromatic rings. The summed E-state index contributed by atoms with van der Waals surface area (Å²) in [5.74, 6) is 0.956. The molecule has 0 amide bonds. The van der Waals surface area contributed by atoms with E-state index in [-0.39, 0.29) is 5.79 Å². The maximum Gasteiger partial charge on any atom is 0.249 e. The summed E-state index contributed by atoms with van der Waals surface area (Å²) in [5, 5.41) is 11.4. The molecule has 1 aromatic heterocycles. The summed E-state index contributed by atoms with van der Waals surface area (Å²) in [4.78, 5) is 6.79. The van der Waals surface area contributed by atoms with Crippen molar-refractivity contribution in [3.05, 3.63) is 36.0 Å². The third-order valence-corrected chi connectivity index (χ3v) is 4.52. The van der Waals surface area contributed by atoms with Crippen molar-refractivity contribution in [3.63, 3.8) is 0 Å². The first-order chi connectivity index (χ1) is 11.7. The van der Waals surface area contributed by atoms with Gasteiger partial charge in [0.25, 0.3) is 0 Å². The molecule has 0 unspecified atom stereocenters. The Labute approximate surface area is 141 Å². The van der Waals surface area contributed by atoms with Crippen LogP contribution in [0.1, 0.15) is 18.4 Å². The number of hydrogen-bond acceptors (Lipinski definition) is 7. The fourth-order valence-electron chi connectivity index (χ4n) is 3.13. The molecule has 2 fully saturated rings. The Kier molecular flexibility index (Phi) is 4.03. The molecule has 4 rings (SSSR count). The zero-order chi connectivity index (χ0) is 16.4. The standard InChI is InChI=1S/C17H21N5O2/c1-13-2-4-14(5-3-13)19-16-20-15(12-18-21-16)22-8-6-17(7-9-22)23-10-11-24-17/h2-5,12H,6-11H2,1H3,(H,19,20,21). The average Bonchev–Trinajstić information content (AvgIpc) is 3.06. The van der Waals surface area contributed by atoms with Crippen molar-refractivity contribution in [2.75, 3.05) is 36.5 Å². The molecular weight excluding hydrogens is 306 g/mol. The van der Waals surface area contributed by atoms with Gasteiger partial charge in [-0.1, -0.05) is 17.7 Å². The zero-order valence-electron chi connectivity index (χ0n) is 13.7. The highest BCUT2D eigenvalue weighted by molar-refractivity contribution is 5.54. The number of nitrogens with one attached hydrogen (secondary N) is 1. The molecule has 0 bridgehead atoms. The van der Waals surface area contributed by atoms with Crippen molar-refractivity contribution < 1.29 is 9.47 Å². The van der Waals surface area contributed by atoms with Crippen LogP contribution in [0.15, 0.2) is 30.5 Å². The van der Waals surface area contributed by atoms with Crippen LogP contribution in [-0.4, -0.2) is 47.3 Å². The Morgan fingerprint density at radius 1 is 1.08 bits per heavy atom. The first kappa shape index (κ1) is 15.3. The van der Waals surface area contributed by atoms with E-state index in [1.54, 1.807) is 6.20 Å². The van der Waals surface area contributed by atoms with Crippen LogP contribution in [0.2, 0.25) is 0 Å². The Bertz CT molecular complexity index is 690. The minimum atomic E-state index is -0.375. The molecule has 24 heavy (non-hydrogen) atoms. The average molecular weight is 327 g/mol. The second-order valence-electron chi connectivity index (χ2n) is 6.22. The number of ether oxygens (including phenoxy) is 2. The second kappa shape index (κ2) is 6.33. The quantitative estimate of drug-likeness (QED) is 0.927. The van der Waals surface area contributed by atoms with Crippen LogP contribution in [0.4, 0.5) is 17.5 Å². The maximum atomic E-state index is 5.77. The monoisotopic (exact) mass is 327 g/mol. The predicted octanol–water partition coefficient (Wildman–Crippen LogP) is 2.27. The van der Waals surface area contributed by atoms with Crippen LogP contribution >= 0.6 is 0 Å². The van der Waals surface area contributed by atoms with Crippen molar-refractivity contribution in [3.8, 4) is 0 Å². The molecule has 0 aliphatic carbocycles. The molecule has 7 nitrogen and oxygen atoms in total. The largest absolute Gasteiger partial charge is 0.355 e. The summed E-state index contributed by atoms with van der Waals surface area (Å²) in [7, 11) is 0. The maximum absolute atomic E-state index is 5.77. The van der Waals surface area contributed by atoms with Crippen molar-refractivity contribution in [2.45, 2.75) is 25.6 Å². The van der Waals surface area contributed by atoms with E-state index in [9.17, 15) is 0 Å². The number of benzene rings is 1. The molecule has 7 heteroatoms. The topological polar surface area (TPSA) is 72.4 Å². The molecular formula is C17H21N5O2. The first-order valence-electron chi connectivity index (χ1n) is 8.29. The van der Waals surface area contributed by atoms with E-state index in [0.29, 0.717) is 19.2 Å². The molecule has 1 aromatic carbocycles. The molecule has 2 aliphatic heterocycles. The molecule has 1 spiro atoms. The van der Waals surface area contributed by atoms with Gasteiger partial charge in [0, 0.05) is 31.6 Å². The van der Waals surface area contributed by atoms with Gasteiger partial charge in [0.1, 0.15) is 0 Å². The first-order valence-corrected chi connectivity index (χ1v) is 8.29. The molecule has 0 radical (unpaired) electrons. The molecule has 3 heterocycles. The lowest BCUT2D eigenvalue weighted by Crippen LogP contribution is -2.45. The van der Waals surface area contributed by atoms with Crippen LogP contribution in [0, 0.1) is 6.92 Å². The lowest BCUT2D eigenvalue weighted by molar-refractivity contribution is -0.169. The predicted molar refractivity (Wildman–Crippen MR) is 90.4 cm³/mol. The van der Waals surface area contributed by atoms with Crippen LogP contribution in [-0.2, 0) is 9.47 Å². The van der Waals surface area contributed by atoms with E-state index >= 15 is 0 Å². The molecule has 1 N–H and O–H groups in total. The molecule has 126 valence electrons. The third-order valence-electron chi connectivity index (χ3n) is 4.52. The Hall–Kier alpha value is -2.25. The second-order valence-corrected chi connectivity index (χ2v) is 6.22. The van der Waals surface area contributed by atoms with Crippen molar-refractivity contribution >= 4 is 17.5 Å².